The van der Waals surface area contributed by atoms with E-state index in [-0.39, 0.29) is 22.9 Å². The van der Waals surface area contributed by atoms with Crippen molar-refractivity contribution in [3.8, 4) is 17.2 Å². The van der Waals surface area contributed by atoms with Crippen LogP contribution in [0, 0.1) is 0 Å². The lowest BCUT2D eigenvalue weighted by molar-refractivity contribution is -0.138. The fraction of sp³-hybridized carbons (Fsp3) is 0.462. The number of aliphatic carboxylic acids is 1. The Balaban J connectivity index is 3.48. The first-order valence-corrected chi connectivity index (χ1v) is 5.98. The Kier molecular flexibility index (Phi) is 4.52. The molecule has 0 spiro atoms. The van der Waals surface area contributed by atoms with E-state index < -0.39 is 11.4 Å². The molecule has 0 fully saturated rings. The van der Waals surface area contributed by atoms with Crippen LogP contribution >= 0.6 is 11.6 Å². The van der Waals surface area contributed by atoms with E-state index in [1.165, 1.54) is 20.3 Å². The summed E-state index contributed by atoms with van der Waals surface area (Å²) in [5.41, 5.74) is -0.513. The molecule has 0 aliphatic carbocycles. The average Bonchev–Trinajstić information content (AvgIpc) is 2.25. The van der Waals surface area contributed by atoms with Crippen molar-refractivity contribution in [1.29, 1.82) is 0 Å². The molecule has 0 aliphatic rings. The number of hydrogen-bond acceptors (Lipinski definition) is 4. The summed E-state index contributed by atoms with van der Waals surface area (Å²) < 4.78 is 10.1. The van der Waals surface area contributed by atoms with Crippen LogP contribution < -0.4 is 9.47 Å². The number of phenols is 1. The maximum Gasteiger partial charge on any atom is 0.304 e. The highest BCUT2D eigenvalue weighted by Crippen LogP contribution is 2.48. The first-order valence-electron chi connectivity index (χ1n) is 5.60. The highest BCUT2D eigenvalue weighted by molar-refractivity contribution is 6.32. The second-order valence-electron chi connectivity index (χ2n) is 4.77. The topological polar surface area (TPSA) is 76.0 Å². The molecule has 0 aromatic heterocycles. The summed E-state index contributed by atoms with van der Waals surface area (Å²) in [7, 11) is 2.81. The molecule has 0 atom stereocenters. The van der Waals surface area contributed by atoms with Crippen molar-refractivity contribution >= 4 is 17.6 Å². The van der Waals surface area contributed by atoms with Crippen molar-refractivity contribution in [2.75, 3.05) is 14.2 Å². The van der Waals surface area contributed by atoms with Crippen LogP contribution in [0.2, 0.25) is 5.02 Å². The molecule has 1 aromatic rings. The van der Waals surface area contributed by atoms with Gasteiger partial charge in [0.25, 0.3) is 0 Å². The van der Waals surface area contributed by atoms with Crippen LogP contribution in [-0.4, -0.2) is 30.4 Å². The molecule has 1 aromatic carbocycles. The zero-order chi connectivity index (χ0) is 14.8. The number of carboxylic acids is 1. The molecule has 0 heterocycles. The summed E-state index contributed by atoms with van der Waals surface area (Å²) in [5.74, 6) is -0.742. The summed E-state index contributed by atoms with van der Waals surface area (Å²) in [5, 5.41) is 19.4. The molecule has 0 saturated heterocycles. The van der Waals surface area contributed by atoms with E-state index >= 15 is 0 Å². The Morgan fingerprint density at radius 1 is 1.37 bits per heavy atom. The van der Waals surface area contributed by atoms with E-state index in [1.54, 1.807) is 13.8 Å². The predicted octanol–water partition coefficient (Wildman–Crippen LogP) is 2.82. The molecular formula is C13H17ClO5. The van der Waals surface area contributed by atoms with Crippen LogP contribution in [0.25, 0.3) is 0 Å². The molecule has 0 amide bonds. The minimum atomic E-state index is -0.977. The van der Waals surface area contributed by atoms with Crippen molar-refractivity contribution in [2.24, 2.45) is 0 Å². The van der Waals surface area contributed by atoms with Crippen LogP contribution in [-0.2, 0) is 10.2 Å². The summed E-state index contributed by atoms with van der Waals surface area (Å²) in [6.45, 7) is 3.38. The molecule has 0 radical (unpaired) electrons. The van der Waals surface area contributed by atoms with Crippen LogP contribution in [0.5, 0.6) is 17.2 Å². The number of ether oxygens (including phenoxy) is 2. The van der Waals surface area contributed by atoms with Crippen molar-refractivity contribution in [2.45, 2.75) is 25.7 Å². The fourth-order valence-corrected chi connectivity index (χ4v) is 2.50. The van der Waals surface area contributed by atoms with Gasteiger partial charge < -0.3 is 19.7 Å². The summed E-state index contributed by atoms with van der Waals surface area (Å²) in [4.78, 5) is 10.9. The zero-order valence-electron chi connectivity index (χ0n) is 11.3. The van der Waals surface area contributed by atoms with Crippen LogP contribution in [0.4, 0.5) is 0 Å². The normalized spacial score (nSPS) is 11.2. The van der Waals surface area contributed by atoms with Gasteiger partial charge in [-0.2, -0.15) is 0 Å². The fourth-order valence-electron chi connectivity index (χ4n) is 2.06. The molecule has 6 heteroatoms. The number of halogens is 1. The Hall–Kier alpha value is -1.62. The summed E-state index contributed by atoms with van der Waals surface area (Å²) in [6.07, 6.45) is -0.171. The van der Waals surface area contributed by atoms with Gasteiger partial charge >= 0.3 is 5.97 Å². The van der Waals surface area contributed by atoms with Gasteiger partial charge in [-0.1, -0.05) is 25.4 Å². The van der Waals surface area contributed by atoms with Crippen LogP contribution in [0.1, 0.15) is 25.8 Å². The maximum absolute atomic E-state index is 10.9. The minimum absolute atomic E-state index is 0.139. The van der Waals surface area contributed by atoms with Crippen molar-refractivity contribution < 1.29 is 24.5 Å². The van der Waals surface area contributed by atoms with E-state index in [2.05, 4.69) is 0 Å². The molecule has 19 heavy (non-hydrogen) atoms. The standard InChI is InChI=1S/C13H17ClO5/c1-13(2,6-9(15)16)10-7(14)5-8(18-3)12(19-4)11(10)17/h5,17H,6H2,1-4H3,(H,15,16). The molecule has 1 rings (SSSR count). The highest BCUT2D eigenvalue weighted by Gasteiger charge is 2.32. The van der Waals surface area contributed by atoms with E-state index in [4.69, 9.17) is 26.2 Å². The Labute approximate surface area is 116 Å². The number of carbonyl (C=O) groups is 1. The SMILES string of the molecule is COc1cc(Cl)c(C(C)(C)CC(=O)O)c(O)c1OC. The van der Waals surface area contributed by atoms with Crippen molar-refractivity contribution in [1.82, 2.24) is 0 Å². The van der Waals surface area contributed by atoms with Crippen LogP contribution in [0.3, 0.4) is 0 Å². The first kappa shape index (κ1) is 15.4. The lowest BCUT2D eigenvalue weighted by Gasteiger charge is -2.26. The minimum Gasteiger partial charge on any atom is -0.504 e. The third-order valence-electron chi connectivity index (χ3n) is 2.87. The van der Waals surface area contributed by atoms with Gasteiger partial charge in [0, 0.05) is 17.0 Å². The summed E-state index contributed by atoms with van der Waals surface area (Å²) >= 11 is 6.12. The second-order valence-corrected chi connectivity index (χ2v) is 5.18. The van der Waals surface area contributed by atoms with Gasteiger partial charge in [-0.15, -0.1) is 0 Å². The molecule has 5 nitrogen and oxygen atoms in total. The monoisotopic (exact) mass is 288 g/mol. The number of rotatable bonds is 5. The van der Waals surface area contributed by atoms with Gasteiger partial charge in [0.2, 0.25) is 5.75 Å². The smallest absolute Gasteiger partial charge is 0.304 e. The average molecular weight is 289 g/mol. The number of benzene rings is 1. The van der Waals surface area contributed by atoms with Gasteiger partial charge in [-0.05, 0) is 0 Å². The Morgan fingerprint density at radius 2 is 1.95 bits per heavy atom. The van der Waals surface area contributed by atoms with Gasteiger partial charge in [-0.3, -0.25) is 4.79 Å². The lowest BCUT2D eigenvalue weighted by Crippen LogP contribution is -2.22. The largest absolute Gasteiger partial charge is 0.504 e. The maximum atomic E-state index is 10.9. The first-order chi connectivity index (χ1) is 8.74. The second kappa shape index (κ2) is 5.57. The predicted molar refractivity (Wildman–Crippen MR) is 71.5 cm³/mol. The van der Waals surface area contributed by atoms with Gasteiger partial charge in [-0.25, -0.2) is 0 Å². The molecular weight excluding hydrogens is 272 g/mol. The third-order valence-corrected chi connectivity index (χ3v) is 3.16. The highest BCUT2D eigenvalue weighted by atomic mass is 35.5. The zero-order valence-corrected chi connectivity index (χ0v) is 12.0. The van der Waals surface area contributed by atoms with Crippen LogP contribution in [0.15, 0.2) is 6.07 Å². The van der Waals surface area contributed by atoms with E-state index in [1.807, 2.05) is 0 Å². The molecule has 0 saturated carbocycles. The van der Waals surface area contributed by atoms with E-state index in [0.29, 0.717) is 11.3 Å². The molecule has 2 N–H and O–H groups in total. The number of phenolic OH excluding ortho intramolecular Hbond substituents is 1. The lowest BCUT2D eigenvalue weighted by atomic mass is 9.80. The number of carboxylic acid groups (broad SMARTS) is 1. The summed E-state index contributed by atoms with van der Waals surface area (Å²) in [6, 6.07) is 1.50. The van der Waals surface area contributed by atoms with Gasteiger partial charge in [0.05, 0.1) is 25.7 Å². The van der Waals surface area contributed by atoms with Crippen molar-refractivity contribution in [3.05, 3.63) is 16.7 Å². The molecule has 0 unspecified atom stereocenters. The Bertz CT molecular complexity index is 496. The van der Waals surface area contributed by atoms with E-state index in [9.17, 15) is 9.90 Å². The van der Waals surface area contributed by atoms with Gasteiger partial charge in [0.15, 0.2) is 11.5 Å². The quantitative estimate of drug-likeness (QED) is 0.871. The number of hydrogen-bond donors (Lipinski definition) is 2. The van der Waals surface area contributed by atoms with E-state index in [0.717, 1.165) is 0 Å². The van der Waals surface area contributed by atoms with Crippen molar-refractivity contribution in [3.63, 3.8) is 0 Å². The molecule has 0 aliphatic heterocycles. The molecule has 0 bridgehead atoms. The molecule has 106 valence electrons. The van der Waals surface area contributed by atoms with Gasteiger partial charge in [0.1, 0.15) is 0 Å². The number of methoxy groups -OCH3 is 2. The Morgan fingerprint density at radius 3 is 2.37 bits per heavy atom. The number of aromatic hydroxyl groups is 1. The third kappa shape index (κ3) is 3.04.